The van der Waals surface area contributed by atoms with Gasteiger partial charge in [-0.05, 0) is 39.5 Å². The van der Waals surface area contributed by atoms with Crippen molar-refractivity contribution in [1.29, 1.82) is 0 Å². The van der Waals surface area contributed by atoms with Crippen LogP contribution in [0.3, 0.4) is 0 Å². The van der Waals surface area contributed by atoms with Crippen molar-refractivity contribution in [3.05, 3.63) is 21.8 Å². The predicted molar refractivity (Wildman–Crippen MR) is 135 cm³/mol. The lowest BCUT2D eigenvalue weighted by Gasteiger charge is -2.55. The Balaban J connectivity index is 1.56. The summed E-state index contributed by atoms with van der Waals surface area (Å²) in [5.74, 6) is -2.52. The van der Waals surface area contributed by atoms with Gasteiger partial charge in [0.05, 0.1) is 27.3 Å². The average molecular weight is 553 g/mol. The van der Waals surface area contributed by atoms with Crippen molar-refractivity contribution in [1.82, 2.24) is 9.88 Å². The second-order valence-electron chi connectivity index (χ2n) is 9.92. The summed E-state index contributed by atoms with van der Waals surface area (Å²) < 4.78 is 16.5. The number of β-lactam (4-membered cyclic amide) rings is 1. The molecule has 2 aliphatic heterocycles. The Kier molecular flexibility index (Phi) is 8.01. The quantitative estimate of drug-likeness (QED) is 0.216. The fourth-order valence-electron chi connectivity index (χ4n) is 5.47. The van der Waals surface area contributed by atoms with Crippen molar-refractivity contribution in [2.24, 2.45) is 11.8 Å². The number of esters is 1. The van der Waals surface area contributed by atoms with E-state index in [0.29, 0.717) is 9.11 Å². The monoisotopic (exact) mass is 552 g/mol. The summed E-state index contributed by atoms with van der Waals surface area (Å²) in [6, 6.07) is 0. The summed E-state index contributed by atoms with van der Waals surface area (Å²) in [5.41, 5.74) is 0.974. The largest absolute Gasteiger partial charge is 0.511 e. The number of aromatic nitrogens is 1. The van der Waals surface area contributed by atoms with E-state index in [2.05, 4.69) is 4.98 Å². The third-order valence-electron chi connectivity index (χ3n) is 7.42. The highest BCUT2D eigenvalue weighted by Crippen LogP contribution is 2.59. The summed E-state index contributed by atoms with van der Waals surface area (Å²) >= 11 is 2.44. The number of thioether (sulfide) groups is 1. The topological polar surface area (TPSA) is 132 Å². The van der Waals surface area contributed by atoms with Crippen molar-refractivity contribution in [3.8, 4) is 0 Å². The van der Waals surface area contributed by atoms with Crippen LogP contribution in [0.5, 0.6) is 0 Å². The molecule has 1 unspecified atom stereocenters. The van der Waals surface area contributed by atoms with E-state index in [1.807, 2.05) is 13.8 Å². The number of carbonyl (C=O) groups is 4. The summed E-state index contributed by atoms with van der Waals surface area (Å²) in [5, 5.41) is 10.3. The molecule has 0 spiro atoms. The highest BCUT2D eigenvalue weighted by Gasteiger charge is 2.68. The Bertz CT molecular complexity index is 1130. The number of hydrogen-bond acceptors (Lipinski definition) is 11. The van der Waals surface area contributed by atoms with E-state index in [1.165, 1.54) is 41.8 Å². The molecule has 1 saturated heterocycles. The lowest BCUT2D eigenvalue weighted by molar-refractivity contribution is -0.183. The maximum atomic E-state index is 13.4. The minimum absolute atomic E-state index is 0.0147. The fraction of sp³-hybridized carbons (Fsp3) is 0.640. The van der Waals surface area contributed by atoms with E-state index in [4.69, 9.17) is 14.2 Å². The molecule has 3 aliphatic rings. The number of aliphatic hydroxyl groups is 1. The molecular formula is C25H32N2O8S2. The molecular weight excluding hydrogens is 520 g/mol. The zero-order valence-electron chi connectivity index (χ0n) is 21.5. The van der Waals surface area contributed by atoms with Crippen molar-refractivity contribution < 1.29 is 38.5 Å². The van der Waals surface area contributed by atoms with Gasteiger partial charge in [-0.15, -0.1) is 11.3 Å². The average Bonchev–Trinajstić information content (AvgIpc) is 3.35. The number of ether oxygens (including phenoxy) is 3. The van der Waals surface area contributed by atoms with E-state index in [9.17, 15) is 24.3 Å². The van der Waals surface area contributed by atoms with Crippen LogP contribution < -0.4 is 0 Å². The molecule has 5 atom stereocenters. The molecule has 2 fully saturated rings. The van der Waals surface area contributed by atoms with Crippen LogP contribution in [-0.2, 0) is 23.8 Å². The molecule has 0 radical (unpaired) electrons. The number of amides is 1. The van der Waals surface area contributed by atoms with E-state index in [1.54, 1.807) is 12.4 Å². The second-order valence-corrected chi connectivity index (χ2v) is 12.1. The Labute approximate surface area is 223 Å². The van der Waals surface area contributed by atoms with E-state index >= 15 is 0 Å². The van der Waals surface area contributed by atoms with Crippen molar-refractivity contribution >= 4 is 46.9 Å². The third-order valence-corrected chi connectivity index (χ3v) is 9.72. The first-order valence-corrected chi connectivity index (χ1v) is 14.1. The van der Waals surface area contributed by atoms with Gasteiger partial charge in [-0.3, -0.25) is 14.5 Å². The first-order valence-electron chi connectivity index (χ1n) is 12.4. The zero-order chi connectivity index (χ0) is 27.1. The van der Waals surface area contributed by atoms with Gasteiger partial charge in [-0.25, -0.2) is 14.6 Å². The zero-order valence-corrected chi connectivity index (χ0v) is 23.1. The molecule has 0 aromatic carbocycles. The molecule has 1 aromatic heterocycles. The van der Waals surface area contributed by atoms with Gasteiger partial charge in [0.2, 0.25) is 12.2 Å². The van der Waals surface area contributed by atoms with Crippen molar-refractivity contribution in [3.63, 3.8) is 0 Å². The van der Waals surface area contributed by atoms with Crippen molar-refractivity contribution in [2.75, 3.05) is 0 Å². The standard InChI is InChI=1S/C25H32N2O8S2/c1-12-20(37-23-18(14(3)29)26-11-36-23)19(27-21(30)17(13(2)28)25(12,27)5)22(31)33-15(4)34-24(32)35-16-9-7-6-8-10-16/h11-13,15-17,28H,6-10H2,1-5H3/t12-,13+,15?,17-,25+/m0/s1. The Morgan fingerprint density at radius 2 is 1.89 bits per heavy atom. The van der Waals surface area contributed by atoms with Gasteiger partial charge in [-0.1, -0.05) is 25.1 Å². The fourth-order valence-corrected chi connectivity index (χ4v) is 7.81. The number of nitrogens with zero attached hydrogens (tertiary/aromatic N) is 2. The number of fused-ring (bicyclic) bond motifs is 1. The minimum atomic E-state index is -1.26. The first kappa shape index (κ1) is 27.6. The molecule has 0 bridgehead atoms. The van der Waals surface area contributed by atoms with Crippen molar-refractivity contribution in [2.45, 2.75) is 95.0 Å². The summed E-state index contributed by atoms with van der Waals surface area (Å²) in [6.45, 7) is 8.04. The normalized spacial score (nSPS) is 27.3. The number of Topliss-reactive ketones (excluding diaryl/α,β-unsaturated/α-hetero) is 1. The molecule has 12 heteroatoms. The van der Waals surface area contributed by atoms with Gasteiger partial charge >= 0.3 is 12.1 Å². The highest BCUT2D eigenvalue weighted by atomic mass is 32.2. The molecule has 1 aromatic rings. The Morgan fingerprint density at radius 1 is 1.22 bits per heavy atom. The molecule has 4 rings (SSSR count). The Morgan fingerprint density at radius 3 is 2.51 bits per heavy atom. The van der Waals surface area contributed by atoms with Crippen LogP contribution in [0.1, 0.15) is 77.2 Å². The van der Waals surface area contributed by atoms with Gasteiger partial charge in [-0.2, -0.15) is 0 Å². The number of thiazole rings is 1. The molecule has 1 N–H and O–H groups in total. The molecule has 3 heterocycles. The predicted octanol–water partition coefficient (Wildman–Crippen LogP) is 4.27. The SMILES string of the molecule is CC(=O)c1ncsc1SC1=C(C(=O)OC(C)OC(=O)OC2CCCCC2)N2C(=O)[C@H]([C@@H](C)O)[C@@]2(C)[C@H]1C. The molecule has 1 saturated carbocycles. The van der Waals surface area contributed by atoms with Gasteiger partial charge in [0, 0.05) is 24.7 Å². The number of hydrogen-bond donors (Lipinski definition) is 1. The second kappa shape index (κ2) is 10.7. The van der Waals surface area contributed by atoms with Gasteiger partial charge in [0.1, 0.15) is 17.5 Å². The molecule has 202 valence electrons. The summed E-state index contributed by atoms with van der Waals surface area (Å²) in [7, 11) is 0. The van der Waals surface area contributed by atoms with Crippen LogP contribution in [0.4, 0.5) is 4.79 Å². The molecule has 1 amide bonds. The first-order chi connectivity index (χ1) is 17.5. The minimum Gasteiger partial charge on any atom is -0.431 e. The molecule has 10 nitrogen and oxygen atoms in total. The van der Waals surface area contributed by atoms with Crippen LogP contribution in [-0.4, -0.2) is 62.8 Å². The summed E-state index contributed by atoms with van der Waals surface area (Å²) in [4.78, 5) is 56.8. The summed E-state index contributed by atoms with van der Waals surface area (Å²) in [6.07, 6.45) is 1.31. The molecule has 37 heavy (non-hydrogen) atoms. The van der Waals surface area contributed by atoms with Gasteiger partial charge < -0.3 is 19.3 Å². The Hall–Kier alpha value is -2.44. The van der Waals surface area contributed by atoms with Gasteiger partial charge in [0.15, 0.2) is 5.78 Å². The molecule has 1 aliphatic carbocycles. The highest BCUT2D eigenvalue weighted by molar-refractivity contribution is 8.04. The maximum Gasteiger partial charge on any atom is 0.511 e. The van der Waals surface area contributed by atoms with Crippen LogP contribution in [0, 0.1) is 11.8 Å². The number of rotatable bonds is 8. The van der Waals surface area contributed by atoms with Crippen LogP contribution >= 0.6 is 23.1 Å². The third kappa shape index (κ3) is 5.03. The lowest BCUT2D eigenvalue weighted by Crippen LogP contribution is -2.71. The number of ketones is 1. The smallest absolute Gasteiger partial charge is 0.431 e. The van der Waals surface area contributed by atoms with E-state index in [-0.39, 0.29) is 29.2 Å². The van der Waals surface area contributed by atoms with Crippen LogP contribution in [0.25, 0.3) is 0 Å². The van der Waals surface area contributed by atoms with E-state index in [0.717, 1.165) is 32.1 Å². The lowest BCUT2D eigenvalue weighted by atomic mass is 9.67. The van der Waals surface area contributed by atoms with Crippen LogP contribution in [0.2, 0.25) is 0 Å². The number of aliphatic hydroxyl groups excluding tert-OH is 1. The van der Waals surface area contributed by atoms with Gasteiger partial charge in [0.25, 0.3) is 0 Å². The maximum absolute atomic E-state index is 13.4. The van der Waals surface area contributed by atoms with E-state index < -0.39 is 41.9 Å². The van der Waals surface area contributed by atoms with Crippen LogP contribution in [0.15, 0.2) is 20.3 Å². The number of carbonyl (C=O) groups excluding carboxylic acids is 4.